The summed E-state index contributed by atoms with van der Waals surface area (Å²) >= 11 is 1.52. The number of nitrogens with one attached hydrogen (secondary N) is 2. The lowest BCUT2D eigenvalue weighted by molar-refractivity contribution is 0.0582. The lowest BCUT2D eigenvalue weighted by Gasteiger charge is -2.36. The lowest BCUT2D eigenvalue weighted by atomic mass is 9.99. The number of alkyl halides is 1. The molecule has 3 aliphatic heterocycles. The Bertz CT molecular complexity index is 1110. The Hall–Kier alpha value is -2.59. The van der Waals surface area contributed by atoms with E-state index in [0.29, 0.717) is 31.8 Å². The zero-order valence-corrected chi connectivity index (χ0v) is 19.3. The van der Waals surface area contributed by atoms with Gasteiger partial charge in [-0.25, -0.2) is 4.39 Å². The van der Waals surface area contributed by atoms with E-state index in [1.165, 1.54) is 12.1 Å². The number of likely N-dealkylation sites (tertiary alicyclic amines) is 1. The number of halogens is 1. The number of methoxy groups -OCH3 is 1. The van der Waals surface area contributed by atoms with Crippen LogP contribution in [0.2, 0.25) is 0 Å². The summed E-state index contributed by atoms with van der Waals surface area (Å²) in [7, 11) is 1.60. The molecule has 0 aliphatic carbocycles. The highest BCUT2D eigenvalue weighted by molar-refractivity contribution is 7.95. The van der Waals surface area contributed by atoms with Crippen LogP contribution in [0.15, 0.2) is 66.3 Å². The van der Waals surface area contributed by atoms with Gasteiger partial charge < -0.3 is 19.9 Å². The second-order valence-electron chi connectivity index (χ2n) is 8.50. The molecule has 7 nitrogen and oxygen atoms in total. The van der Waals surface area contributed by atoms with Gasteiger partial charge in [0.15, 0.2) is 0 Å². The highest BCUT2D eigenvalue weighted by Crippen LogP contribution is 2.29. The fraction of sp³-hybridized carbons (Fsp3) is 0.375. The van der Waals surface area contributed by atoms with Gasteiger partial charge in [-0.2, -0.15) is 0 Å². The topological polar surface area (TPSA) is 72.9 Å². The monoisotopic (exact) mass is 469 g/mol. The largest absolute Gasteiger partial charge is 0.495 e. The summed E-state index contributed by atoms with van der Waals surface area (Å²) in [5.41, 5.74) is 3.82. The zero-order chi connectivity index (χ0) is 22.8. The number of rotatable bonds is 7. The number of hydrogen-bond acceptors (Lipinski definition) is 8. The van der Waals surface area contributed by atoms with Crippen LogP contribution in [0.5, 0.6) is 5.75 Å². The van der Waals surface area contributed by atoms with Crippen molar-refractivity contribution in [2.45, 2.75) is 24.7 Å². The minimum Gasteiger partial charge on any atom is -0.495 e. The molecule has 5 rings (SSSR count). The van der Waals surface area contributed by atoms with Crippen molar-refractivity contribution < 1.29 is 14.2 Å². The molecule has 0 spiro atoms. The molecule has 174 valence electrons. The van der Waals surface area contributed by atoms with Crippen LogP contribution >= 0.6 is 12.1 Å². The van der Waals surface area contributed by atoms with Crippen LogP contribution in [-0.4, -0.2) is 64.8 Å². The Morgan fingerprint density at radius 3 is 3.18 bits per heavy atom. The molecule has 2 aromatic rings. The molecule has 1 fully saturated rings. The standard InChI is InChI=1S/C24H28FN5O2S/c1-32-18-10-20-19(3-2-4-22(20)27-13-18)24(31)15-29-7-6-23(21(25)14-29)26-11-16-5-8-30-17(9-16)12-28-33-30/h2-5,8-10,12-13,21,23-24,26,28,31H,6-7,11,14-15H2,1H3. The number of aromatic nitrogens is 1. The number of aliphatic hydroxyl groups excluding tert-OH is 1. The SMILES string of the molecule is COc1cnc2cccc(C(O)CN3CCC(NCC4=CC5=CNSN5C=C4)C(F)C3)c2c1. The van der Waals surface area contributed by atoms with Crippen molar-refractivity contribution in [3.05, 3.63) is 71.8 Å². The first kappa shape index (κ1) is 22.2. The van der Waals surface area contributed by atoms with Gasteiger partial charge in [0.1, 0.15) is 11.9 Å². The van der Waals surface area contributed by atoms with Gasteiger partial charge in [-0.15, -0.1) is 0 Å². The molecule has 0 amide bonds. The Morgan fingerprint density at radius 1 is 1.42 bits per heavy atom. The Balaban J connectivity index is 1.17. The first-order valence-electron chi connectivity index (χ1n) is 11.1. The maximum atomic E-state index is 15.0. The second-order valence-corrected chi connectivity index (χ2v) is 9.31. The van der Waals surface area contributed by atoms with Crippen LogP contribution in [0, 0.1) is 0 Å². The van der Waals surface area contributed by atoms with E-state index in [0.717, 1.165) is 34.3 Å². The molecule has 3 atom stereocenters. The molecule has 4 heterocycles. The molecule has 33 heavy (non-hydrogen) atoms. The van der Waals surface area contributed by atoms with E-state index in [4.69, 9.17) is 4.74 Å². The van der Waals surface area contributed by atoms with Crippen LogP contribution in [-0.2, 0) is 0 Å². The molecule has 0 bridgehead atoms. The molecular weight excluding hydrogens is 441 g/mol. The number of pyridine rings is 1. The van der Waals surface area contributed by atoms with Crippen LogP contribution in [0.4, 0.5) is 4.39 Å². The predicted octanol–water partition coefficient (Wildman–Crippen LogP) is 3.04. The smallest absolute Gasteiger partial charge is 0.137 e. The van der Waals surface area contributed by atoms with Crippen molar-refractivity contribution in [2.24, 2.45) is 0 Å². The molecule has 3 N–H and O–H groups in total. The number of fused-ring (bicyclic) bond motifs is 2. The van der Waals surface area contributed by atoms with Gasteiger partial charge >= 0.3 is 0 Å². The highest BCUT2D eigenvalue weighted by Gasteiger charge is 2.30. The van der Waals surface area contributed by atoms with Crippen molar-refractivity contribution in [1.29, 1.82) is 0 Å². The molecule has 3 aliphatic rings. The maximum Gasteiger partial charge on any atom is 0.137 e. The summed E-state index contributed by atoms with van der Waals surface area (Å²) in [6.07, 6.45) is 8.77. The number of piperidine rings is 1. The average Bonchev–Trinajstić information content (AvgIpc) is 3.30. The third-order valence-electron chi connectivity index (χ3n) is 6.32. The molecule has 3 unspecified atom stereocenters. The van der Waals surface area contributed by atoms with Crippen molar-refractivity contribution in [1.82, 2.24) is 24.2 Å². The van der Waals surface area contributed by atoms with E-state index in [2.05, 4.69) is 27.2 Å². The van der Waals surface area contributed by atoms with Crippen LogP contribution in [0.25, 0.3) is 10.9 Å². The van der Waals surface area contributed by atoms with E-state index in [1.807, 2.05) is 45.9 Å². The van der Waals surface area contributed by atoms with Crippen LogP contribution in [0.1, 0.15) is 18.1 Å². The zero-order valence-electron chi connectivity index (χ0n) is 18.4. The molecule has 0 radical (unpaired) electrons. The highest BCUT2D eigenvalue weighted by atomic mass is 32.2. The van der Waals surface area contributed by atoms with Crippen molar-refractivity contribution >= 4 is 23.0 Å². The first-order valence-corrected chi connectivity index (χ1v) is 11.9. The van der Waals surface area contributed by atoms with Gasteiger partial charge in [-0.05, 0) is 48.4 Å². The fourth-order valence-electron chi connectivity index (χ4n) is 4.50. The number of hydrogen-bond donors (Lipinski definition) is 3. The van der Waals surface area contributed by atoms with Gasteiger partial charge in [0.05, 0.1) is 42.8 Å². The summed E-state index contributed by atoms with van der Waals surface area (Å²) in [6.45, 7) is 2.04. The van der Waals surface area contributed by atoms with E-state index in [9.17, 15) is 9.50 Å². The summed E-state index contributed by atoms with van der Waals surface area (Å²) in [4.78, 5) is 6.41. The predicted molar refractivity (Wildman–Crippen MR) is 129 cm³/mol. The summed E-state index contributed by atoms with van der Waals surface area (Å²) in [6, 6.07) is 7.39. The van der Waals surface area contributed by atoms with Gasteiger partial charge in [-0.3, -0.25) is 14.2 Å². The van der Waals surface area contributed by atoms with Crippen LogP contribution in [0.3, 0.4) is 0 Å². The molecule has 0 saturated carbocycles. The number of aliphatic hydroxyl groups is 1. The average molecular weight is 470 g/mol. The van der Waals surface area contributed by atoms with Crippen molar-refractivity contribution in [3.8, 4) is 5.75 Å². The number of nitrogens with zero attached hydrogens (tertiary/aromatic N) is 3. The van der Waals surface area contributed by atoms with E-state index in [1.54, 1.807) is 13.3 Å². The second kappa shape index (κ2) is 9.72. The number of β-amino-alcohol motifs (C(OH)–C–C–N with tert-alkyl or cyclic N) is 1. The Kier molecular flexibility index (Phi) is 6.55. The molecule has 1 aromatic carbocycles. The normalized spacial score (nSPS) is 23.7. The van der Waals surface area contributed by atoms with Gasteiger partial charge in [0.25, 0.3) is 0 Å². The third kappa shape index (κ3) is 4.86. The van der Waals surface area contributed by atoms with E-state index >= 15 is 0 Å². The number of allylic oxidation sites excluding steroid dienone is 1. The molecule has 9 heteroatoms. The van der Waals surface area contributed by atoms with Gasteiger partial charge in [0.2, 0.25) is 0 Å². The fourth-order valence-corrected chi connectivity index (χ4v) is 5.12. The lowest BCUT2D eigenvalue weighted by Crippen LogP contribution is -2.51. The summed E-state index contributed by atoms with van der Waals surface area (Å²) in [5, 5.41) is 15.2. The van der Waals surface area contributed by atoms with Crippen molar-refractivity contribution in [3.63, 3.8) is 0 Å². The van der Waals surface area contributed by atoms with Gasteiger partial charge in [0, 0.05) is 43.5 Å². The van der Waals surface area contributed by atoms with E-state index < -0.39 is 12.3 Å². The number of benzene rings is 1. The van der Waals surface area contributed by atoms with Gasteiger partial charge in [-0.1, -0.05) is 12.1 Å². The van der Waals surface area contributed by atoms with Crippen molar-refractivity contribution in [2.75, 3.05) is 33.3 Å². The maximum absolute atomic E-state index is 15.0. The van der Waals surface area contributed by atoms with Crippen LogP contribution < -0.4 is 14.8 Å². The minimum absolute atomic E-state index is 0.193. The summed E-state index contributed by atoms with van der Waals surface area (Å²) < 4.78 is 25.4. The van der Waals surface area contributed by atoms with E-state index in [-0.39, 0.29) is 6.04 Å². The molecular formula is C24H28FN5O2S. The third-order valence-corrected chi connectivity index (χ3v) is 7.08. The Labute approximate surface area is 197 Å². The number of ether oxygens (including phenoxy) is 1. The minimum atomic E-state index is -0.993. The molecule has 1 saturated heterocycles. The first-order chi connectivity index (χ1) is 16.1. The Morgan fingerprint density at radius 2 is 2.33 bits per heavy atom. The molecule has 1 aromatic heterocycles. The summed E-state index contributed by atoms with van der Waals surface area (Å²) in [5.74, 6) is 0.646. The quantitative estimate of drug-likeness (QED) is 0.535.